The number of hydrogen-bond donors (Lipinski definition) is 0. The predicted octanol–water partition coefficient (Wildman–Crippen LogP) is 1.75. The normalized spacial score (nSPS) is 14.0. The molecule has 0 aliphatic heterocycles. The van der Waals surface area contributed by atoms with Gasteiger partial charge in [0, 0.05) is 18.9 Å². The highest BCUT2D eigenvalue weighted by molar-refractivity contribution is 7.92. The van der Waals surface area contributed by atoms with Crippen molar-refractivity contribution in [3.63, 3.8) is 0 Å². The summed E-state index contributed by atoms with van der Waals surface area (Å²) in [4.78, 5) is 2.00. The Morgan fingerprint density at radius 3 is 2.33 bits per heavy atom. The largest absolute Gasteiger partial charge is 0.304 e. The molecule has 0 spiro atoms. The zero-order chi connectivity index (χ0) is 16.4. The maximum atomic E-state index is 12.6. The van der Waals surface area contributed by atoms with Crippen molar-refractivity contribution in [1.82, 2.24) is 18.8 Å². The highest BCUT2D eigenvalue weighted by Crippen LogP contribution is 2.28. The first-order valence-corrected chi connectivity index (χ1v) is 10.4. The molecule has 0 saturated heterocycles. The molecule has 1 rings (SSSR count). The van der Waals surface area contributed by atoms with Crippen LogP contribution in [0.5, 0.6) is 0 Å². The van der Waals surface area contributed by atoms with Crippen molar-refractivity contribution in [1.29, 1.82) is 0 Å². The van der Waals surface area contributed by atoms with Gasteiger partial charge in [-0.25, -0.2) is 8.42 Å². The monoisotopic (exact) mass is 352 g/mol. The van der Waals surface area contributed by atoms with E-state index < -0.39 is 10.0 Å². The molecule has 0 aliphatic carbocycles. The molecule has 0 bridgehead atoms. The van der Waals surface area contributed by atoms with E-state index in [0.717, 1.165) is 5.69 Å². The third kappa shape index (κ3) is 4.46. The minimum Gasteiger partial charge on any atom is -0.304 e. The third-order valence-electron chi connectivity index (χ3n) is 2.84. The van der Waals surface area contributed by atoms with Crippen LogP contribution in [0, 0.1) is 0 Å². The topological polar surface area (TPSA) is 58.4 Å². The highest BCUT2D eigenvalue weighted by Gasteiger charge is 2.29. The molecular formula is C12H26N4O2P2S. The van der Waals surface area contributed by atoms with Crippen molar-refractivity contribution < 1.29 is 8.42 Å². The molecule has 1 heterocycles. The predicted molar refractivity (Wildman–Crippen MR) is 92.5 cm³/mol. The maximum Gasteiger partial charge on any atom is 0.265 e. The number of sulfonamides is 1. The van der Waals surface area contributed by atoms with E-state index in [1.165, 1.54) is 4.08 Å². The Morgan fingerprint density at radius 2 is 1.95 bits per heavy atom. The molecule has 1 aromatic heterocycles. The number of hydrogen-bond acceptors (Lipinski definition) is 4. The smallest absolute Gasteiger partial charge is 0.265 e. The van der Waals surface area contributed by atoms with Gasteiger partial charge in [0.2, 0.25) is 0 Å². The standard InChI is InChI=1S/C12H26N4O2P2S/c1-12(2,3)16-10(8-14(4)5)7-11(13-16)21(17,18)15(9-19)20-6/h7,20H,8-9,19H2,1-6H3. The Balaban J connectivity index is 3.37. The fraction of sp³-hybridized carbons (Fsp3) is 0.750. The summed E-state index contributed by atoms with van der Waals surface area (Å²) in [5.74, 6) is 0. The van der Waals surface area contributed by atoms with E-state index in [-0.39, 0.29) is 19.3 Å². The highest BCUT2D eigenvalue weighted by atomic mass is 32.2. The summed E-state index contributed by atoms with van der Waals surface area (Å²) in [6, 6.07) is 1.69. The summed E-state index contributed by atoms with van der Waals surface area (Å²) < 4.78 is 28.4. The summed E-state index contributed by atoms with van der Waals surface area (Å²) in [6.07, 6.45) is 0.378. The van der Waals surface area contributed by atoms with Gasteiger partial charge in [0.25, 0.3) is 10.0 Å². The van der Waals surface area contributed by atoms with Crippen molar-refractivity contribution in [2.75, 3.05) is 27.0 Å². The van der Waals surface area contributed by atoms with Crippen LogP contribution in [0.1, 0.15) is 26.5 Å². The lowest BCUT2D eigenvalue weighted by Gasteiger charge is -2.23. The molecule has 6 nitrogen and oxygen atoms in total. The fourth-order valence-corrected chi connectivity index (χ4v) is 5.41. The van der Waals surface area contributed by atoms with E-state index in [9.17, 15) is 8.42 Å². The Bertz CT molecular complexity index is 575. The number of nitrogens with zero attached hydrogens (tertiary/aromatic N) is 4. The van der Waals surface area contributed by atoms with Gasteiger partial charge in [-0.2, -0.15) is 9.17 Å². The molecular weight excluding hydrogens is 326 g/mol. The molecule has 0 amide bonds. The van der Waals surface area contributed by atoms with Crippen LogP contribution in [-0.2, 0) is 22.1 Å². The molecule has 122 valence electrons. The lowest BCUT2D eigenvalue weighted by Crippen LogP contribution is -2.28. The van der Waals surface area contributed by atoms with Crippen molar-refractivity contribution >= 4 is 28.0 Å². The lowest BCUT2D eigenvalue weighted by molar-refractivity contribution is 0.309. The Labute approximate surface area is 132 Å². The summed E-state index contributed by atoms with van der Waals surface area (Å²) in [5.41, 5.74) is 0.633. The van der Waals surface area contributed by atoms with Crippen LogP contribution in [0.3, 0.4) is 0 Å². The van der Waals surface area contributed by atoms with Crippen LogP contribution >= 0.6 is 18.0 Å². The summed E-state index contributed by atoms with van der Waals surface area (Å²) in [5, 5.41) is 4.51. The molecule has 9 heteroatoms. The van der Waals surface area contributed by atoms with Gasteiger partial charge in [-0.1, -0.05) is 0 Å². The second kappa shape index (κ2) is 7.01. The second-order valence-electron chi connectivity index (χ2n) is 6.05. The summed E-state index contributed by atoms with van der Waals surface area (Å²) in [7, 11) is 3.02. The molecule has 21 heavy (non-hydrogen) atoms. The first-order chi connectivity index (χ1) is 9.53. The molecule has 0 fully saturated rings. The van der Waals surface area contributed by atoms with E-state index in [1.54, 1.807) is 10.7 Å². The SMILES string of the molecule is CPN(CP)S(=O)(=O)c1cc(CN(C)C)n(C(C)(C)C)n1. The van der Waals surface area contributed by atoms with Crippen LogP contribution in [-0.4, -0.2) is 54.2 Å². The molecule has 0 saturated carbocycles. The van der Waals surface area contributed by atoms with Gasteiger partial charge in [0.05, 0.1) is 11.2 Å². The average Bonchev–Trinajstić information content (AvgIpc) is 2.73. The van der Waals surface area contributed by atoms with Crippen LogP contribution in [0.25, 0.3) is 0 Å². The molecule has 0 N–H and O–H groups in total. The van der Waals surface area contributed by atoms with Crippen LogP contribution < -0.4 is 0 Å². The van der Waals surface area contributed by atoms with Gasteiger partial charge in [-0.3, -0.25) is 4.68 Å². The van der Waals surface area contributed by atoms with Gasteiger partial charge in [-0.05, 0) is 50.3 Å². The van der Waals surface area contributed by atoms with E-state index in [1.807, 2.05) is 46.4 Å². The first-order valence-electron chi connectivity index (χ1n) is 6.68. The number of rotatable bonds is 6. The summed E-state index contributed by atoms with van der Waals surface area (Å²) in [6.45, 7) is 8.55. The van der Waals surface area contributed by atoms with E-state index in [0.29, 0.717) is 12.8 Å². The quantitative estimate of drug-likeness (QED) is 0.732. The second-order valence-corrected chi connectivity index (χ2v) is 9.54. The van der Waals surface area contributed by atoms with E-state index >= 15 is 0 Å². The van der Waals surface area contributed by atoms with Gasteiger partial charge in [0.15, 0.2) is 5.03 Å². The Kier molecular flexibility index (Phi) is 6.34. The van der Waals surface area contributed by atoms with Crippen molar-refractivity contribution in [2.24, 2.45) is 0 Å². The zero-order valence-electron chi connectivity index (χ0n) is 13.6. The van der Waals surface area contributed by atoms with Gasteiger partial charge in [0.1, 0.15) is 0 Å². The Morgan fingerprint density at radius 1 is 1.38 bits per heavy atom. The minimum atomic E-state index is -3.52. The van der Waals surface area contributed by atoms with Gasteiger partial charge < -0.3 is 4.90 Å². The molecule has 0 radical (unpaired) electrons. The van der Waals surface area contributed by atoms with E-state index in [4.69, 9.17) is 0 Å². The van der Waals surface area contributed by atoms with E-state index in [2.05, 4.69) is 14.3 Å². The first kappa shape index (κ1) is 19.0. The molecule has 2 atom stereocenters. The summed E-state index contributed by atoms with van der Waals surface area (Å²) >= 11 is 0. The van der Waals surface area contributed by atoms with Crippen LogP contribution in [0.2, 0.25) is 0 Å². The fourth-order valence-electron chi connectivity index (χ4n) is 1.96. The third-order valence-corrected chi connectivity index (χ3v) is 7.25. The molecule has 0 aromatic carbocycles. The zero-order valence-corrected chi connectivity index (χ0v) is 16.6. The van der Waals surface area contributed by atoms with Crippen molar-refractivity contribution in [3.8, 4) is 0 Å². The van der Waals surface area contributed by atoms with Gasteiger partial charge in [-0.15, -0.1) is 9.24 Å². The van der Waals surface area contributed by atoms with Crippen LogP contribution in [0.4, 0.5) is 0 Å². The molecule has 0 aliphatic rings. The van der Waals surface area contributed by atoms with Gasteiger partial charge >= 0.3 is 0 Å². The van der Waals surface area contributed by atoms with Crippen LogP contribution in [0.15, 0.2) is 11.1 Å². The minimum absolute atomic E-state index is 0.131. The van der Waals surface area contributed by atoms with Crippen molar-refractivity contribution in [2.45, 2.75) is 37.9 Å². The number of aromatic nitrogens is 2. The molecule has 1 aromatic rings. The average molecular weight is 352 g/mol. The van der Waals surface area contributed by atoms with Crippen molar-refractivity contribution in [3.05, 3.63) is 11.8 Å². The molecule has 2 unspecified atom stereocenters. The maximum absolute atomic E-state index is 12.6. The Hall–Kier alpha value is -0.0600. The lowest BCUT2D eigenvalue weighted by atomic mass is 10.1.